The van der Waals surface area contributed by atoms with Gasteiger partial charge in [0.05, 0.1) is 5.92 Å². The molecule has 2 aromatic rings. The minimum atomic E-state index is -0.572. The van der Waals surface area contributed by atoms with E-state index >= 15 is 0 Å². The zero-order valence-electron chi connectivity index (χ0n) is 22.8. The fraction of sp³-hybridized carbons (Fsp3) is 0.406. The third kappa shape index (κ3) is 5.17. The molecule has 0 aromatic heterocycles. The van der Waals surface area contributed by atoms with Gasteiger partial charge in [-0.2, -0.15) is 0 Å². The van der Waals surface area contributed by atoms with Crippen molar-refractivity contribution in [3.8, 4) is 5.75 Å². The molecule has 6 nitrogen and oxygen atoms in total. The Bertz CT molecular complexity index is 1320. The van der Waals surface area contributed by atoms with Crippen molar-refractivity contribution in [1.82, 2.24) is 0 Å². The largest absolute Gasteiger partial charge is 0.483 e. The number of ketones is 2. The number of amides is 1. The molecule has 0 atom stereocenters. The number of anilines is 1. The van der Waals surface area contributed by atoms with Crippen molar-refractivity contribution < 1.29 is 23.9 Å². The standard InChI is InChI=1S/C32H35NO5/c1-19-10-12-20(13-11-19)33-27(36)18-37-24-9-7-6-8-21(24)28-29-22(34)14-31(2,3)16-25(29)38-26-17-32(4,5)15-23(35)30(26)28/h6-13,28H,14-18H2,1-5H3,(H,33,36). The van der Waals surface area contributed by atoms with Gasteiger partial charge in [0.25, 0.3) is 5.91 Å². The van der Waals surface area contributed by atoms with Crippen LogP contribution in [-0.2, 0) is 19.1 Å². The Morgan fingerprint density at radius 3 is 2.00 bits per heavy atom. The average Bonchev–Trinajstić information content (AvgIpc) is 2.81. The number of allylic oxidation sites excluding steroid dienone is 4. The SMILES string of the molecule is Cc1ccc(NC(=O)COc2ccccc2C2C3=C(CC(C)(C)CC3=O)OC3=C2C(=O)CC(C)(C)C3)cc1. The molecule has 198 valence electrons. The van der Waals surface area contributed by atoms with Gasteiger partial charge >= 0.3 is 0 Å². The van der Waals surface area contributed by atoms with Gasteiger partial charge in [-0.25, -0.2) is 0 Å². The van der Waals surface area contributed by atoms with E-state index in [9.17, 15) is 14.4 Å². The van der Waals surface area contributed by atoms with Crippen LogP contribution in [0.5, 0.6) is 5.75 Å². The molecule has 0 saturated heterocycles. The number of para-hydroxylation sites is 1. The van der Waals surface area contributed by atoms with Crippen molar-refractivity contribution in [2.75, 3.05) is 11.9 Å². The van der Waals surface area contributed by atoms with E-state index in [1.807, 2.05) is 49.4 Å². The number of hydrogen-bond acceptors (Lipinski definition) is 5. The number of aryl methyl sites for hydroxylation is 1. The molecule has 0 radical (unpaired) electrons. The van der Waals surface area contributed by atoms with E-state index in [4.69, 9.17) is 9.47 Å². The molecule has 0 spiro atoms. The minimum Gasteiger partial charge on any atom is -0.483 e. The highest BCUT2D eigenvalue weighted by Gasteiger charge is 2.48. The zero-order chi connectivity index (χ0) is 27.2. The predicted octanol–water partition coefficient (Wildman–Crippen LogP) is 6.41. The van der Waals surface area contributed by atoms with Gasteiger partial charge in [0.2, 0.25) is 0 Å². The summed E-state index contributed by atoms with van der Waals surface area (Å²) in [7, 11) is 0. The number of Topliss-reactive ketones (excluding diaryl/α,β-unsaturated/α-hetero) is 2. The van der Waals surface area contributed by atoms with Crippen molar-refractivity contribution in [3.05, 3.63) is 82.3 Å². The second-order valence-corrected chi connectivity index (χ2v) is 12.3. The lowest BCUT2D eigenvalue weighted by Gasteiger charge is -2.43. The Labute approximate surface area is 224 Å². The van der Waals surface area contributed by atoms with Crippen molar-refractivity contribution in [3.63, 3.8) is 0 Å². The quantitative estimate of drug-likeness (QED) is 0.499. The summed E-state index contributed by atoms with van der Waals surface area (Å²) in [6.45, 7) is 10.0. The fourth-order valence-corrected chi connectivity index (χ4v) is 5.81. The zero-order valence-corrected chi connectivity index (χ0v) is 22.8. The summed E-state index contributed by atoms with van der Waals surface area (Å²) < 4.78 is 12.4. The maximum atomic E-state index is 13.6. The second kappa shape index (κ2) is 9.57. The molecule has 0 fully saturated rings. The average molecular weight is 514 g/mol. The smallest absolute Gasteiger partial charge is 0.262 e. The molecule has 1 amide bonds. The molecule has 0 saturated carbocycles. The molecular weight excluding hydrogens is 478 g/mol. The van der Waals surface area contributed by atoms with E-state index in [1.165, 1.54) is 0 Å². The third-order valence-electron chi connectivity index (χ3n) is 7.51. The van der Waals surface area contributed by atoms with Crippen LogP contribution in [0.2, 0.25) is 0 Å². The topological polar surface area (TPSA) is 81.7 Å². The summed E-state index contributed by atoms with van der Waals surface area (Å²) in [4.78, 5) is 39.8. The molecule has 1 aliphatic heterocycles. The molecule has 1 N–H and O–H groups in total. The van der Waals surface area contributed by atoms with Crippen LogP contribution in [0.15, 0.2) is 71.2 Å². The predicted molar refractivity (Wildman–Crippen MR) is 146 cm³/mol. The molecule has 38 heavy (non-hydrogen) atoms. The maximum absolute atomic E-state index is 13.6. The van der Waals surface area contributed by atoms with E-state index < -0.39 is 5.92 Å². The Balaban J connectivity index is 1.50. The summed E-state index contributed by atoms with van der Waals surface area (Å²) in [6, 6.07) is 14.9. The van der Waals surface area contributed by atoms with Crippen LogP contribution < -0.4 is 10.1 Å². The monoisotopic (exact) mass is 513 g/mol. The number of benzene rings is 2. The molecule has 2 aromatic carbocycles. The lowest BCUT2D eigenvalue weighted by atomic mass is 9.65. The highest BCUT2D eigenvalue weighted by atomic mass is 16.5. The molecule has 0 unspecified atom stereocenters. The van der Waals surface area contributed by atoms with Crippen LogP contribution in [0.25, 0.3) is 0 Å². The number of carbonyl (C=O) groups excluding carboxylic acids is 3. The second-order valence-electron chi connectivity index (χ2n) is 12.3. The normalized spacial score (nSPS) is 20.4. The van der Waals surface area contributed by atoms with E-state index in [0.717, 1.165) is 5.56 Å². The van der Waals surface area contributed by atoms with Crippen LogP contribution in [0.1, 0.15) is 70.4 Å². The summed E-state index contributed by atoms with van der Waals surface area (Å²) >= 11 is 0. The first-order valence-electron chi connectivity index (χ1n) is 13.2. The fourth-order valence-electron chi connectivity index (χ4n) is 5.81. The summed E-state index contributed by atoms with van der Waals surface area (Å²) in [5.74, 6) is 0.931. The Morgan fingerprint density at radius 2 is 1.42 bits per heavy atom. The van der Waals surface area contributed by atoms with Gasteiger partial charge in [0.15, 0.2) is 18.2 Å². The summed E-state index contributed by atoms with van der Waals surface area (Å²) in [5, 5.41) is 2.85. The molecular formula is C32H35NO5. The van der Waals surface area contributed by atoms with Gasteiger partial charge in [-0.05, 0) is 36.0 Å². The number of ether oxygens (including phenoxy) is 2. The van der Waals surface area contributed by atoms with Crippen LogP contribution >= 0.6 is 0 Å². The first-order chi connectivity index (χ1) is 17.9. The van der Waals surface area contributed by atoms with E-state index in [1.54, 1.807) is 6.07 Å². The molecule has 0 bridgehead atoms. The number of rotatable bonds is 5. The van der Waals surface area contributed by atoms with Gasteiger partial charge in [-0.3, -0.25) is 14.4 Å². The molecule has 3 aliphatic rings. The first-order valence-corrected chi connectivity index (χ1v) is 13.2. The van der Waals surface area contributed by atoms with Crippen LogP contribution in [0.3, 0.4) is 0 Å². The lowest BCUT2D eigenvalue weighted by Crippen LogP contribution is -2.37. The van der Waals surface area contributed by atoms with E-state index in [0.29, 0.717) is 65.3 Å². The summed E-state index contributed by atoms with van der Waals surface area (Å²) in [5.41, 5.74) is 3.16. The molecule has 2 aliphatic carbocycles. The Kier molecular flexibility index (Phi) is 6.54. The van der Waals surface area contributed by atoms with Crippen molar-refractivity contribution in [2.45, 2.75) is 66.2 Å². The van der Waals surface area contributed by atoms with Crippen molar-refractivity contribution in [1.29, 1.82) is 0 Å². The third-order valence-corrected chi connectivity index (χ3v) is 7.51. The van der Waals surface area contributed by atoms with Crippen molar-refractivity contribution in [2.24, 2.45) is 10.8 Å². The van der Waals surface area contributed by atoms with Gasteiger partial charge in [-0.1, -0.05) is 63.6 Å². The van der Waals surface area contributed by atoms with Crippen LogP contribution in [0.4, 0.5) is 5.69 Å². The van der Waals surface area contributed by atoms with Gasteiger partial charge in [0.1, 0.15) is 17.3 Å². The van der Waals surface area contributed by atoms with E-state index in [-0.39, 0.29) is 34.9 Å². The molecule has 6 heteroatoms. The maximum Gasteiger partial charge on any atom is 0.262 e. The minimum absolute atomic E-state index is 0.00245. The summed E-state index contributed by atoms with van der Waals surface area (Å²) in [6.07, 6.45) is 2.02. The highest BCUT2D eigenvalue weighted by Crippen LogP contribution is 2.54. The lowest BCUT2D eigenvalue weighted by molar-refractivity contribution is -0.121. The highest BCUT2D eigenvalue weighted by molar-refractivity contribution is 6.06. The van der Waals surface area contributed by atoms with Gasteiger partial charge in [-0.15, -0.1) is 0 Å². The van der Waals surface area contributed by atoms with E-state index in [2.05, 4.69) is 33.0 Å². The van der Waals surface area contributed by atoms with Crippen LogP contribution in [-0.4, -0.2) is 24.1 Å². The number of nitrogens with one attached hydrogen (secondary N) is 1. The van der Waals surface area contributed by atoms with Crippen molar-refractivity contribution >= 4 is 23.2 Å². The van der Waals surface area contributed by atoms with Gasteiger partial charge in [0, 0.05) is 48.1 Å². The molecule has 1 heterocycles. The number of hydrogen-bond donors (Lipinski definition) is 1. The first kappa shape index (κ1) is 26.0. The van der Waals surface area contributed by atoms with Gasteiger partial charge < -0.3 is 14.8 Å². The number of carbonyl (C=O) groups is 3. The Morgan fingerprint density at radius 1 is 0.868 bits per heavy atom. The van der Waals surface area contributed by atoms with Crippen LogP contribution in [0, 0.1) is 17.8 Å². The molecule has 5 rings (SSSR count). The Hall–Kier alpha value is -3.67.